The van der Waals surface area contributed by atoms with Gasteiger partial charge >= 0.3 is 0 Å². The van der Waals surface area contributed by atoms with Crippen LogP contribution in [0.5, 0.6) is 0 Å². The zero-order valence-corrected chi connectivity index (χ0v) is 18.2. The molecule has 4 aliphatic rings. The van der Waals surface area contributed by atoms with Gasteiger partial charge in [0.1, 0.15) is 0 Å². The lowest BCUT2D eigenvalue weighted by Crippen LogP contribution is -2.30. The summed E-state index contributed by atoms with van der Waals surface area (Å²) in [6.07, 6.45) is 0. The maximum absolute atomic E-state index is 13.5. The molecule has 5 aromatic rings. The number of benzene rings is 5. The fraction of sp³-hybridized carbons (Fsp3) is 0.0625. The molecule has 0 aliphatic heterocycles. The average Bonchev–Trinajstić information content (AvgIpc) is 2.89. The van der Waals surface area contributed by atoms with E-state index in [1.165, 1.54) is 33.0 Å². The zero-order valence-electron chi connectivity index (χ0n) is 18.2. The molecular formula is C32H18O2. The van der Waals surface area contributed by atoms with E-state index in [9.17, 15) is 9.59 Å². The first-order chi connectivity index (χ1) is 16.7. The number of ketones is 2. The van der Waals surface area contributed by atoms with Crippen LogP contribution in [-0.2, 0) is 0 Å². The lowest BCUT2D eigenvalue weighted by Gasteiger charge is -2.43. The van der Waals surface area contributed by atoms with E-state index in [2.05, 4.69) is 60.7 Å². The van der Waals surface area contributed by atoms with Crippen molar-refractivity contribution in [1.82, 2.24) is 0 Å². The van der Waals surface area contributed by atoms with Crippen molar-refractivity contribution in [1.29, 1.82) is 0 Å². The van der Waals surface area contributed by atoms with Gasteiger partial charge in [-0.25, -0.2) is 0 Å². The largest absolute Gasteiger partial charge is 0.289 e. The Hall–Kier alpha value is -4.30. The molecule has 0 fully saturated rings. The van der Waals surface area contributed by atoms with E-state index in [1.807, 2.05) is 24.3 Å². The molecule has 2 bridgehead atoms. The average molecular weight is 434 g/mol. The van der Waals surface area contributed by atoms with Crippen LogP contribution >= 0.6 is 0 Å². The van der Waals surface area contributed by atoms with Crippen LogP contribution in [0.4, 0.5) is 0 Å². The van der Waals surface area contributed by atoms with Crippen LogP contribution in [0.15, 0.2) is 97.1 Å². The topological polar surface area (TPSA) is 34.1 Å². The summed E-state index contributed by atoms with van der Waals surface area (Å²) in [7, 11) is 0. The Morgan fingerprint density at radius 2 is 0.765 bits per heavy atom. The summed E-state index contributed by atoms with van der Waals surface area (Å²) < 4.78 is 0. The van der Waals surface area contributed by atoms with Gasteiger partial charge in [0, 0.05) is 34.1 Å². The Labute approximate surface area is 196 Å². The molecule has 0 spiro atoms. The van der Waals surface area contributed by atoms with Gasteiger partial charge in [-0.05, 0) is 68.4 Å². The van der Waals surface area contributed by atoms with E-state index in [1.54, 1.807) is 12.1 Å². The standard InChI is InChI=1S/C32H18O2/c33-31-21-11-5-6-12-22(21)32(34)28-16-26-25(15-27(28)31)29-19-9-3-4-10-20(19)30(26)24-14-18-8-2-1-7-17(18)13-23(24)29/h1-16,29-30H. The quantitative estimate of drug-likeness (QED) is 0.269. The number of carbonyl (C=O) groups is 2. The van der Waals surface area contributed by atoms with Crippen LogP contribution in [0.2, 0.25) is 0 Å². The Morgan fingerprint density at radius 1 is 0.382 bits per heavy atom. The van der Waals surface area contributed by atoms with Crippen molar-refractivity contribution < 1.29 is 9.59 Å². The van der Waals surface area contributed by atoms with Gasteiger partial charge in [0.2, 0.25) is 0 Å². The molecule has 0 N–H and O–H groups in total. The van der Waals surface area contributed by atoms with Crippen molar-refractivity contribution in [2.24, 2.45) is 0 Å². The van der Waals surface area contributed by atoms with Crippen molar-refractivity contribution in [2.75, 3.05) is 0 Å². The number of hydrogen-bond acceptors (Lipinski definition) is 2. The van der Waals surface area contributed by atoms with E-state index < -0.39 is 0 Å². The molecule has 2 heteroatoms. The SMILES string of the molecule is O=C1c2ccccc2C(=O)c2cc3c(cc21)C1c2ccccc2C3c2cc3ccccc3cc21. The lowest BCUT2D eigenvalue weighted by atomic mass is 9.60. The van der Waals surface area contributed by atoms with Gasteiger partial charge in [0.15, 0.2) is 11.6 Å². The minimum absolute atomic E-state index is 0.0542. The molecule has 9 rings (SSSR count). The second kappa shape index (κ2) is 6.18. The van der Waals surface area contributed by atoms with Gasteiger partial charge in [0.05, 0.1) is 0 Å². The van der Waals surface area contributed by atoms with Gasteiger partial charge in [-0.2, -0.15) is 0 Å². The summed E-state index contributed by atoms with van der Waals surface area (Å²) >= 11 is 0. The van der Waals surface area contributed by atoms with Crippen LogP contribution < -0.4 is 0 Å². The van der Waals surface area contributed by atoms with E-state index in [4.69, 9.17) is 0 Å². The summed E-state index contributed by atoms with van der Waals surface area (Å²) in [5.41, 5.74) is 9.63. The third-order valence-corrected chi connectivity index (χ3v) is 7.94. The van der Waals surface area contributed by atoms with E-state index in [0.717, 1.165) is 11.1 Å². The smallest absolute Gasteiger partial charge is 0.194 e. The van der Waals surface area contributed by atoms with Gasteiger partial charge < -0.3 is 0 Å². The minimum atomic E-state index is -0.0542. The van der Waals surface area contributed by atoms with Crippen LogP contribution in [0, 0.1) is 0 Å². The fourth-order valence-corrected chi connectivity index (χ4v) is 6.50. The molecule has 34 heavy (non-hydrogen) atoms. The maximum Gasteiger partial charge on any atom is 0.194 e. The van der Waals surface area contributed by atoms with Gasteiger partial charge in [-0.3, -0.25) is 9.59 Å². The summed E-state index contributed by atoms with van der Waals surface area (Å²) in [5.74, 6) is 0.00490. The van der Waals surface area contributed by atoms with Crippen molar-refractivity contribution in [3.05, 3.63) is 153 Å². The van der Waals surface area contributed by atoms with Gasteiger partial charge in [0.25, 0.3) is 0 Å². The highest BCUT2D eigenvalue weighted by atomic mass is 16.1. The second-order valence-corrected chi connectivity index (χ2v) is 9.55. The zero-order chi connectivity index (χ0) is 22.6. The molecule has 4 aliphatic carbocycles. The van der Waals surface area contributed by atoms with Crippen LogP contribution in [0.1, 0.15) is 77.1 Å². The fourth-order valence-electron chi connectivity index (χ4n) is 6.50. The van der Waals surface area contributed by atoms with Crippen molar-refractivity contribution >= 4 is 22.3 Å². The molecule has 5 aromatic carbocycles. The predicted molar refractivity (Wildman–Crippen MR) is 132 cm³/mol. The number of fused-ring (bicyclic) bond motifs is 3. The van der Waals surface area contributed by atoms with Gasteiger partial charge in [-0.1, -0.05) is 72.8 Å². The van der Waals surface area contributed by atoms with Crippen molar-refractivity contribution in [3.8, 4) is 0 Å². The molecule has 0 saturated heterocycles. The van der Waals surface area contributed by atoms with Crippen molar-refractivity contribution in [2.45, 2.75) is 11.8 Å². The molecule has 0 amide bonds. The third kappa shape index (κ3) is 2.11. The van der Waals surface area contributed by atoms with E-state index >= 15 is 0 Å². The van der Waals surface area contributed by atoms with Crippen LogP contribution in [-0.4, -0.2) is 11.6 Å². The predicted octanol–water partition coefficient (Wildman–Crippen LogP) is 6.60. The van der Waals surface area contributed by atoms with E-state index in [-0.39, 0.29) is 23.4 Å². The van der Waals surface area contributed by atoms with Crippen LogP contribution in [0.3, 0.4) is 0 Å². The molecule has 158 valence electrons. The molecule has 2 nitrogen and oxygen atoms in total. The Morgan fingerprint density at radius 3 is 1.24 bits per heavy atom. The Kier molecular flexibility index (Phi) is 3.30. The molecule has 2 unspecified atom stereocenters. The van der Waals surface area contributed by atoms with Gasteiger partial charge in [-0.15, -0.1) is 0 Å². The van der Waals surface area contributed by atoms with E-state index in [0.29, 0.717) is 22.3 Å². The third-order valence-electron chi connectivity index (χ3n) is 7.94. The highest BCUT2D eigenvalue weighted by Gasteiger charge is 2.43. The molecule has 0 aromatic heterocycles. The first kappa shape index (κ1) is 18.2. The molecule has 0 radical (unpaired) electrons. The normalized spacial score (nSPS) is 18.7. The lowest BCUT2D eigenvalue weighted by molar-refractivity contribution is 0.0979. The monoisotopic (exact) mass is 434 g/mol. The highest BCUT2D eigenvalue weighted by molar-refractivity contribution is 6.28. The Balaban J connectivity index is 1.45. The van der Waals surface area contributed by atoms with Crippen molar-refractivity contribution in [3.63, 3.8) is 0 Å². The molecule has 2 atom stereocenters. The molecular weight excluding hydrogens is 416 g/mol. The number of carbonyl (C=O) groups excluding carboxylic acids is 2. The highest BCUT2D eigenvalue weighted by Crippen LogP contribution is 2.57. The first-order valence-electron chi connectivity index (χ1n) is 11.7. The molecule has 0 saturated carbocycles. The summed E-state index contributed by atoms with van der Waals surface area (Å²) in [6, 6.07) is 33.0. The number of rotatable bonds is 0. The number of hydrogen-bond donors (Lipinski definition) is 0. The summed E-state index contributed by atoms with van der Waals surface area (Å²) in [5, 5.41) is 2.46. The molecule has 0 heterocycles. The second-order valence-electron chi connectivity index (χ2n) is 9.55. The minimum Gasteiger partial charge on any atom is -0.289 e. The summed E-state index contributed by atoms with van der Waals surface area (Å²) in [4.78, 5) is 26.9. The van der Waals surface area contributed by atoms with Crippen LogP contribution in [0.25, 0.3) is 10.8 Å². The maximum atomic E-state index is 13.5. The first-order valence-corrected chi connectivity index (χ1v) is 11.7. The summed E-state index contributed by atoms with van der Waals surface area (Å²) in [6.45, 7) is 0. The Bertz CT molecular complexity index is 1630.